The summed E-state index contributed by atoms with van der Waals surface area (Å²) in [6, 6.07) is 21.7. The first kappa shape index (κ1) is 23.5. The zero-order chi connectivity index (χ0) is 23.4. The molecule has 0 saturated carbocycles. The van der Waals surface area contributed by atoms with Gasteiger partial charge in [0.2, 0.25) is 5.91 Å². The summed E-state index contributed by atoms with van der Waals surface area (Å²) in [6.07, 6.45) is 0. The molecule has 1 aliphatic rings. The number of carbonyl (C=O) groups excluding carboxylic acids is 1. The number of piperazine rings is 1. The predicted molar refractivity (Wildman–Crippen MR) is 135 cm³/mol. The number of anilines is 2. The van der Waals surface area contributed by atoms with Crippen LogP contribution in [0.15, 0.2) is 83.8 Å². The molecule has 0 bridgehead atoms. The van der Waals surface area contributed by atoms with Gasteiger partial charge in [-0.15, -0.1) is 0 Å². The molecule has 33 heavy (non-hydrogen) atoms. The van der Waals surface area contributed by atoms with Crippen molar-refractivity contribution in [3.8, 4) is 0 Å². The van der Waals surface area contributed by atoms with E-state index >= 15 is 0 Å². The topological polar surface area (TPSA) is 60.9 Å². The van der Waals surface area contributed by atoms with E-state index in [1.807, 2.05) is 4.90 Å². The minimum atomic E-state index is -3.94. The Bertz CT molecular complexity index is 1220. The monoisotopic (exact) mass is 579 g/mol. The fourth-order valence-corrected chi connectivity index (χ4v) is 5.56. The second kappa shape index (κ2) is 10.1. The van der Waals surface area contributed by atoms with Crippen LogP contribution in [0.2, 0.25) is 0 Å². The molecule has 0 unspecified atom stereocenters. The van der Waals surface area contributed by atoms with Crippen molar-refractivity contribution in [1.29, 1.82) is 0 Å². The Labute approximate surface area is 206 Å². The number of para-hydroxylation sites is 1. The van der Waals surface area contributed by atoms with Crippen molar-refractivity contribution < 1.29 is 17.6 Å². The van der Waals surface area contributed by atoms with Gasteiger partial charge in [-0.1, -0.05) is 30.3 Å². The Morgan fingerprint density at radius 1 is 0.879 bits per heavy atom. The number of carbonyl (C=O) groups is 1. The maximum Gasteiger partial charge on any atom is 0.264 e. The van der Waals surface area contributed by atoms with E-state index < -0.39 is 10.0 Å². The molecule has 0 aliphatic carbocycles. The number of sulfonamides is 1. The van der Waals surface area contributed by atoms with Crippen LogP contribution in [0.4, 0.5) is 15.8 Å². The maximum atomic E-state index is 14.1. The molecule has 1 aliphatic heterocycles. The molecule has 3 aromatic carbocycles. The molecule has 1 amide bonds. The summed E-state index contributed by atoms with van der Waals surface area (Å²) >= 11 is 2.15. The van der Waals surface area contributed by atoms with Crippen LogP contribution in [0.25, 0.3) is 0 Å². The molecule has 9 heteroatoms. The molecule has 0 spiro atoms. The van der Waals surface area contributed by atoms with Crippen LogP contribution >= 0.6 is 22.6 Å². The van der Waals surface area contributed by atoms with Crippen molar-refractivity contribution in [3.63, 3.8) is 0 Å². The van der Waals surface area contributed by atoms with Gasteiger partial charge in [-0.2, -0.15) is 0 Å². The van der Waals surface area contributed by atoms with Gasteiger partial charge in [0, 0.05) is 29.7 Å². The molecule has 1 fully saturated rings. The van der Waals surface area contributed by atoms with E-state index in [1.54, 1.807) is 65.6 Å². The highest BCUT2D eigenvalue weighted by molar-refractivity contribution is 14.1. The Balaban J connectivity index is 1.53. The van der Waals surface area contributed by atoms with Crippen LogP contribution in [-0.4, -0.2) is 51.9 Å². The van der Waals surface area contributed by atoms with Crippen molar-refractivity contribution in [3.05, 3.63) is 88.3 Å². The molecule has 0 atom stereocenters. The zero-order valence-electron chi connectivity index (χ0n) is 17.8. The second-order valence-electron chi connectivity index (χ2n) is 7.62. The first-order valence-corrected chi connectivity index (χ1v) is 13.0. The number of hydrogen-bond donors (Lipinski definition) is 0. The quantitative estimate of drug-likeness (QED) is 0.415. The average Bonchev–Trinajstić information content (AvgIpc) is 2.84. The van der Waals surface area contributed by atoms with Crippen molar-refractivity contribution in [2.75, 3.05) is 41.9 Å². The van der Waals surface area contributed by atoms with Crippen molar-refractivity contribution in [1.82, 2.24) is 4.90 Å². The van der Waals surface area contributed by atoms with Crippen molar-refractivity contribution >= 4 is 49.9 Å². The highest BCUT2D eigenvalue weighted by atomic mass is 127. The Morgan fingerprint density at radius 3 is 2.12 bits per heavy atom. The van der Waals surface area contributed by atoms with Gasteiger partial charge in [-0.3, -0.25) is 9.10 Å². The molecule has 1 heterocycles. The van der Waals surface area contributed by atoms with Crippen LogP contribution < -0.4 is 9.21 Å². The fraction of sp³-hybridized carbons (Fsp3) is 0.208. The lowest BCUT2D eigenvalue weighted by Crippen LogP contribution is -2.52. The lowest BCUT2D eigenvalue weighted by Gasteiger charge is -2.37. The summed E-state index contributed by atoms with van der Waals surface area (Å²) in [4.78, 5) is 16.8. The third-order valence-electron chi connectivity index (χ3n) is 5.55. The molecular formula is C24H23FIN3O3S. The number of amides is 1. The first-order chi connectivity index (χ1) is 15.9. The third-order valence-corrected chi connectivity index (χ3v) is 8.06. The molecule has 0 N–H and O–H groups in total. The highest BCUT2D eigenvalue weighted by Crippen LogP contribution is 2.25. The Morgan fingerprint density at radius 2 is 1.48 bits per heavy atom. The number of nitrogens with zero attached hydrogens (tertiary/aromatic N) is 3. The van der Waals surface area contributed by atoms with Crippen LogP contribution in [0, 0.1) is 9.39 Å². The van der Waals surface area contributed by atoms with Gasteiger partial charge in [-0.05, 0) is 71.1 Å². The van der Waals surface area contributed by atoms with E-state index in [4.69, 9.17) is 0 Å². The number of hydrogen-bond acceptors (Lipinski definition) is 4. The molecule has 172 valence electrons. The SMILES string of the molecule is O=C(CN(c1ccc(I)cc1)S(=O)(=O)c1ccccc1)N1CCN(c2ccccc2F)CC1. The summed E-state index contributed by atoms with van der Waals surface area (Å²) in [6.45, 7) is 1.42. The van der Waals surface area contributed by atoms with E-state index in [9.17, 15) is 17.6 Å². The highest BCUT2D eigenvalue weighted by Gasteiger charge is 2.30. The largest absolute Gasteiger partial charge is 0.366 e. The van der Waals surface area contributed by atoms with Gasteiger partial charge in [0.1, 0.15) is 12.4 Å². The normalized spacial score (nSPS) is 14.2. The van der Waals surface area contributed by atoms with E-state index in [0.29, 0.717) is 37.6 Å². The molecule has 0 radical (unpaired) electrons. The van der Waals surface area contributed by atoms with E-state index in [1.165, 1.54) is 18.2 Å². The molecule has 3 aromatic rings. The van der Waals surface area contributed by atoms with Crippen LogP contribution in [-0.2, 0) is 14.8 Å². The van der Waals surface area contributed by atoms with Crippen LogP contribution in [0.1, 0.15) is 0 Å². The lowest BCUT2D eigenvalue weighted by atomic mass is 10.2. The van der Waals surface area contributed by atoms with Gasteiger partial charge in [0.25, 0.3) is 10.0 Å². The molecule has 0 aromatic heterocycles. The van der Waals surface area contributed by atoms with Gasteiger partial charge in [0.15, 0.2) is 0 Å². The molecule has 1 saturated heterocycles. The fourth-order valence-electron chi connectivity index (χ4n) is 3.77. The summed E-state index contributed by atoms with van der Waals surface area (Å²) in [5.74, 6) is -0.586. The predicted octanol–water partition coefficient (Wildman–Crippen LogP) is 3.97. The first-order valence-electron chi connectivity index (χ1n) is 10.5. The van der Waals surface area contributed by atoms with Crippen molar-refractivity contribution in [2.24, 2.45) is 0 Å². The Kier molecular flexibility index (Phi) is 7.18. The standard InChI is InChI=1S/C24H23FIN3O3S/c25-22-8-4-5-9-23(22)27-14-16-28(17-15-27)24(30)18-29(20-12-10-19(26)11-13-20)33(31,32)21-6-2-1-3-7-21/h1-13H,14-18H2. The van der Waals surface area contributed by atoms with Gasteiger partial charge < -0.3 is 9.80 Å². The lowest BCUT2D eigenvalue weighted by molar-refractivity contribution is -0.129. The number of halogens is 2. The average molecular weight is 579 g/mol. The van der Waals surface area contributed by atoms with Gasteiger partial charge in [0.05, 0.1) is 16.3 Å². The summed E-state index contributed by atoms with van der Waals surface area (Å²) in [5, 5.41) is 0. The minimum Gasteiger partial charge on any atom is -0.366 e. The van der Waals surface area contributed by atoms with Crippen molar-refractivity contribution in [2.45, 2.75) is 4.90 Å². The number of rotatable bonds is 6. The Hall–Kier alpha value is -2.66. The van der Waals surface area contributed by atoms with E-state index in [2.05, 4.69) is 22.6 Å². The number of benzene rings is 3. The van der Waals surface area contributed by atoms with E-state index in [-0.39, 0.29) is 23.2 Å². The van der Waals surface area contributed by atoms with E-state index in [0.717, 1.165) is 7.88 Å². The molecular weight excluding hydrogens is 556 g/mol. The molecule has 4 rings (SSSR count). The second-order valence-corrected chi connectivity index (χ2v) is 10.7. The summed E-state index contributed by atoms with van der Waals surface area (Å²) < 4.78 is 43.1. The zero-order valence-corrected chi connectivity index (χ0v) is 20.7. The minimum absolute atomic E-state index is 0.126. The summed E-state index contributed by atoms with van der Waals surface area (Å²) in [7, 11) is -3.94. The van der Waals surface area contributed by atoms with Gasteiger partial charge in [-0.25, -0.2) is 12.8 Å². The van der Waals surface area contributed by atoms with Gasteiger partial charge >= 0.3 is 0 Å². The summed E-state index contributed by atoms with van der Waals surface area (Å²) in [5.41, 5.74) is 0.939. The van der Waals surface area contributed by atoms with Crippen LogP contribution in [0.5, 0.6) is 0 Å². The molecule has 6 nitrogen and oxygen atoms in total. The van der Waals surface area contributed by atoms with Crippen LogP contribution in [0.3, 0.4) is 0 Å². The maximum absolute atomic E-state index is 14.1. The third kappa shape index (κ3) is 5.30. The smallest absolute Gasteiger partial charge is 0.264 e.